The molecule has 0 atom stereocenters. The van der Waals surface area contributed by atoms with Gasteiger partial charge < -0.3 is 9.84 Å². The van der Waals surface area contributed by atoms with Crippen molar-refractivity contribution in [3.63, 3.8) is 0 Å². The molecule has 0 amide bonds. The average Bonchev–Trinajstić information content (AvgIpc) is 2.16. The predicted octanol–water partition coefficient (Wildman–Crippen LogP) is 1.17. The van der Waals surface area contributed by atoms with Crippen LogP contribution in [0, 0.1) is 6.92 Å². The van der Waals surface area contributed by atoms with Gasteiger partial charge in [0.1, 0.15) is 5.82 Å². The maximum absolute atomic E-state index is 9.45. The van der Waals surface area contributed by atoms with Crippen molar-refractivity contribution in [2.45, 2.75) is 32.1 Å². The number of aryl methyl sites for hydroxylation is 1. The fourth-order valence-electron chi connectivity index (χ4n) is 1.77. The van der Waals surface area contributed by atoms with Crippen LogP contribution in [0.3, 0.4) is 0 Å². The Balaban J connectivity index is 2.40. The molecule has 1 aromatic heterocycles. The Bertz CT molecular complexity index is 381. The van der Waals surface area contributed by atoms with Crippen LogP contribution in [0.15, 0.2) is 6.07 Å². The number of rotatable bonds is 3. The Morgan fingerprint density at radius 3 is 2.56 bits per heavy atom. The van der Waals surface area contributed by atoms with Crippen LogP contribution in [-0.2, 0) is 10.2 Å². The van der Waals surface area contributed by atoms with E-state index in [1.54, 1.807) is 0 Å². The highest BCUT2D eigenvalue weighted by atomic mass is 16.5. The number of hydrogen-bond acceptors (Lipinski definition) is 4. The van der Waals surface area contributed by atoms with Crippen molar-refractivity contribution in [2.75, 3.05) is 19.8 Å². The molecule has 0 aliphatic carbocycles. The first-order valence-electron chi connectivity index (χ1n) is 5.62. The lowest BCUT2D eigenvalue weighted by Crippen LogP contribution is -2.51. The van der Waals surface area contributed by atoms with E-state index >= 15 is 0 Å². The van der Waals surface area contributed by atoms with E-state index in [1.165, 1.54) is 0 Å². The fourth-order valence-corrected chi connectivity index (χ4v) is 1.77. The molecule has 88 valence electrons. The summed E-state index contributed by atoms with van der Waals surface area (Å²) in [7, 11) is 0. The quantitative estimate of drug-likeness (QED) is 0.834. The molecule has 2 heterocycles. The van der Waals surface area contributed by atoms with E-state index in [9.17, 15) is 5.11 Å². The van der Waals surface area contributed by atoms with Crippen molar-refractivity contribution < 1.29 is 9.84 Å². The van der Waals surface area contributed by atoms with Gasteiger partial charge in [-0.25, -0.2) is 9.97 Å². The van der Waals surface area contributed by atoms with Crippen LogP contribution in [0.4, 0.5) is 0 Å². The molecule has 0 bridgehead atoms. The average molecular weight is 222 g/mol. The summed E-state index contributed by atoms with van der Waals surface area (Å²) in [6.45, 7) is 7.26. The Hall–Kier alpha value is -1.00. The van der Waals surface area contributed by atoms with Gasteiger partial charge in [-0.1, -0.05) is 13.8 Å². The van der Waals surface area contributed by atoms with E-state index in [2.05, 4.69) is 23.8 Å². The first-order valence-corrected chi connectivity index (χ1v) is 5.62. The molecule has 0 aromatic carbocycles. The van der Waals surface area contributed by atoms with Gasteiger partial charge in [-0.05, 0) is 18.9 Å². The molecular weight excluding hydrogens is 204 g/mol. The summed E-state index contributed by atoms with van der Waals surface area (Å²) < 4.78 is 5.18. The van der Waals surface area contributed by atoms with Gasteiger partial charge in [-0.15, -0.1) is 0 Å². The van der Waals surface area contributed by atoms with Crippen molar-refractivity contribution in [3.05, 3.63) is 23.3 Å². The van der Waals surface area contributed by atoms with Gasteiger partial charge in [0.25, 0.3) is 0 Å². The standard InChI is InChI=1S/C12H18N2O2/c1-8(2)10-4-9(3)13-11(14-10)12(5-15)6-16-7-12/h4,8,15H,5-7H2,1-3H3. The molecule has 0 unspecified atom stereocenters. The van der Waals surface area contributed by atoms with Gasteiger partial charge >= 0.3 is 0 Å². The van der Waals surface area contributed by atoms with Crippen molar-refractivity contribution in [3.8, 4) is 0 Å². The molecule has 4 nitrogen and oxygen atoms in total. The molecular formula is C12H18N2O2. The third-order valence-electron chi connectivity index (χ3n) is 3.00. The Morgan fingerprint density at radius 1 is 1.44 bits per heavy atom. The monoisotopic (exact) mass is 222 g/mol. The maximum atomic E-state index is 9.45. The third kappa shape index (κ3) is 1.83. The maximum Gasteiger partial charge on any atom is 0.141 e. The van der Waals surface area contributed by atoms with Crippen LogP contribution in [0.5, 0.6) is 0 Å². The van der Waals surface area contributed by atoms with Gasteiger partial charge in [0.2, 0.25) is 0 Å². The molecule has 1 saturated heterocycles. The van der Waals surface area contributed by atoms with Crippen molar-refractivity contribution in [2.24, 2.45) is 0 Å². The number of aromatic nitrogens is 2. The lowest BCUT2D eigenvalue weighted by Gasteiger charge is -2.38. The first kappa shape index (κ1) is 11.5. The summed E-state index contributed by atoms with van der Waals surface area (Å²) >= 11 is 0. The van der Waals surface area contributed by atoms with E-state index in [1.807, 2.05) is 13.0 Å². The van der Waals surface area contributed by atoms with Gasteiger partial charge in [-0.2, -0.15) is 0 Å². The zero-order valence-corrected chi connectivity index (χ0v) is 10.0. The first-order chi connectivity index (χ1) is 7.57. The number of ether oxygens (including phenoxy) is 1. The fraction of sp³-hybridized carbons (Fsp3) is 0.667. The van der Waals surface area contributed by atoms with Crippen LogP contribution in [-0.4, -0.2) is 34.9 Å². The zero-order chi connectivity index (χ0) is 11.8. The number of aliphatic hydroxyl groups excluding tert-OH is 1. The molecule has 16 heavy (non-hydrogen) atoms. The third-order valence-corrected chi connectivity index (χ3v) is 3.00. The highest BCUT2D eigenvalue weighted by molar-refractivity contribution is 5.20. The predicted molar refractivity (Wildman–Crippen MR) is 60.4 cm³/mol. The van der Waals surface area contributed by atoms with E-state index in [-0.39, 0.29) is 12.0 Å². The minimum atomic E-state index is -0.365. The molecule has 1 fully saturated rings. The Labute approximate surface area is 95.7 Å². The summed E-state index contributed by atoms with van der Waals surface area (Å²) in [6.07, 6.45) is 0. The minimum absolute atomic E-state index is 0.0496. The zero-order valence-electron chi connectivity index (χ0n) is 10.0. The molecule has 0 saturated carbocycles. The second-order valence-corrected chi connectivity index (χ2v) is 4.84. The van der Waals surface area contributed by atoms with E-state index in [0.717, 1.165) is 17.2 Å². The minimum Gasteiger partial charge on any atom is -0.395 e. The molecule has 0 radical (unpaired) electrons. The van der Waals surface area contributed by atoms with Crippen molar-refractivity contribution >= 4 is 0 Å². The lowest BCUT2D eigenvalue weighted by atomic mass is 9.85. The summed E-state index contributed by atoms with van der Waals surface area (Å²) in [5.74, 6) is 1.10. The second-order valence-electron chi connectivity index (χ2n) is 4.84. The highest BCUT2D eigenvalue weighted by Gasteiger charge is 2.43. The van der Waals surface area contributed by atoms with Crippen molar-refractivity contribution in [1.29, 1.82) is 0 Å². The van der Waals surface area contributed by atoms with Crippen LogP contribution in [0.25, 0.3) is 0 Å². The van der Waals surface area contributed by atoms with Crippen LogP contribution < -0.4 is 0 Å². The topological polar surface area (TPSA) is 55.2 Å². The summed E-state index contributed by atoms with van der Waals surface area (Å²) in [6, 6.07) is 2.00. The lowest BCUT2D eigenvalue weighted by molar-refractivity contribution is -0.0885. The highest BCUT2D eigenvalue weighted by Crippen LogP contribution is 2.30. The Morgan fingerprint density at radius 2 is 2.12 bits per heavy atom. The van der Waals surface area contributed by atoms with E-state index in [4.69, 9.17) is 4.74 Å². The number of aliphatic hydroxyl groups is 1. The largest absolute Gasteiger partial charge is 0.395 e. The smallest absolute Gasteiger partial charge is 0.141 e. The van der Waals surface area contributed by atoms with Crippen molar-refractivity contribution in [1.82, 2.24) is 9.97 Å². The van der Waals surface area contributed by atoms with Crippen LogP contribution in [0.1, 0.15) is 37.0 Å². The van der Waals surface area contributed by atoms with Gasteiger partial charge in [0.05, 0.1) is 25.2 Å². The second kappa shape index (κ2) is 4.11. The summed E-state index contributed by atoms with van der Waals surface area (Å²) in [5.41, 5.74) is 1.62. The molecule has 2 rings (SSSR count). The molecule has 1 aliphatic rings. The summed E-state index contributed by atoms with van der Waals surface area (Å²) in [4.78, 5) is 8.98. The number of nitrogens with zero attached hydrogens (tertiary/aromatic N) is 2. The van der Waals surface area contributed by atoms with E-state index in [0.29, 0.717) is 19.1 Å². The molecule has 1 aromatic rings. The number of hydrogen-bond donors (Lipinski definition) is 1. The SMILES string of the molecule is Cc1cc(C(C)C)nc(C2(CO)COC2)n1. The summed E-state index contributed by atoms with van der Waals surface area (Å²) in [5, 5.41) is 9.45. The van der Waals surface area contributed by atoms with Crippen LogP contribution in [0.2, 0.25) is 0 Å². The molecule has 1 aliphatic heterocycles. The van der Waals surface area contributed by atoms with Gasteiger partial charge in [0, 0.05) is 11.4 Å². The van der Waals surface area contributed by atoms with Gasteiger partial charge in [-0.3, -0.25) is 0 Å². The molecule has 0 spiro atoms. The van der Waals surface area contributed by atoms with Gasteiger partial charge in [0.15, 0.2) is 0 Å². The normalized spacial score (nSPS) is 18.6. The van der Waals surface area contributed by atoms with Crippen LogP contribution >= 0.6 is 0 Å². The Kier molecular flexibility index (Phi) is 2.95. The molecule has 4 heteroatoms. The van der Waals surface area contributed by atoms with E-state index < -0.39 is 0 Å². The molecule has 1 N–H and O–H groups in total.